The first kappa shape index (κ1) is 13.7. The molecule has 0 spiro atoms. The van der Waals surface area contributed by atoms with Gasteiger partial charge in [-0.3, -0.25) is 4.98 Å². The lowest BCUT2D eigenvalue weighted by Gasteiger charge is -2.07. The molecular formula is C14H16N2O2S. The fourth-order valence-electron chi connectivity index (χ4n) is 1.90. The van der Waals surface area contributed by atoms with Gasteiger partial charge in [-0.2, -0.15) is 0 Å². The molecule has 2 aromatic rings. The van der Waals surface area contributed by atoms with E-state index >= 15 is 0 Å². The molecule has 0 aliphatic rings. The van der Waals surface area contributed by atoms with Crippen molar-refractivity contribution in [2.75, 3.05) is 12.8 Å². The maximum Gasteiger partial charge on any atom is 0.177 e. The van der Waals surface area contributed by atoms with Crippen LogP contribution in [0.25, 0.3) is 11.3 Å². The maximum absolute atomic E-state index is 11.7. The van der Waals surface area contributed by atoms with Crippen LogP contribution in [0.4, 0.5) is 0 Å². The van der Waals surface area contributed by atoms with Crippen LogP contribution < -0.4 is 5.73 Å². The first-order valence-corrected chi connectivity index (χ1v) is 7.86. The van der Waals surface area contributed by atoms with E-state index in [0.717, 1.165) is 17.5 Å². The molecule has 0 amide bonds. The minimum atomic E-state index is -3.28. The Labute approximate surface area is 113 Å². The van der Waals surface area contributed by atoms with Gasteiger partial charge in [-0.25, -0.2) is 8.42 Å². The Kier molecular flexibility index (Phi) is 3.97. The Morgan fingerprint density at radius 2 is 1.84 bits per heavy atom. The highest BCUT2D eigenvalue weighted by atomic mass is 32.2. The lowest BCUT2D eigenvalue weighted by Crippen LogP contribution is -2.03. The van der Waals surface area contributed by atoms with Gasteiger partial charge in [-0.15, -0.1) is 0 Å². The summed E-state index contributed by atoms with van der Waals surface area (Å²) in [6.45, 7) is 0.595. The highest BCUT2D eigenvalue weighted by Gasteiger charge is 2.15. The number of rotatable bonds is 4. The van der Waals surface area contributed by atoms with E-state index in [9.17, 15) is 8.42 Å². The Balaban J connectivity index is 2.48. The normalized spacial score (nSPS) is 11.5. The number of benzene rings is 1. The summed E-state index contributed by atoms with van der Waals surface area (Å²) in [4.78, 5) is 4.44. The average Bonchev–Trinajstić information content (AvgIpc) is 2.39. The third kappa shape index (κ3) is 3.19. The molecule has 0 fully saturated rings. The average molecular weight is 276 g/mol. The third-order valence-electron chi connectivity index (χ3n) is 2.83. The van der Waals surface area contributed by atoms with Gasteiger partial charge in [0.1, 0.15) is 0 Å². The van der Waals surface area contributed by atoms with E-state index in [1.54, 1.807) is 18.3 Å². The lowest BCUT2D eigenvalue weighted by molar-refractivity contribution is 0.602. The van der Waals surface area contributed by atoms with Crippen molar-refractivity contribution in [2.24, 2.45) is 5.73 Å². The summed E-state index contributed by atoms with van der Waals surface area (Å²) in [6, 6.07) is 10.9. The van der Waals surface area contributed by atoms with Gasteiger partial charge in [0.2, 0.25) is 0 Å². The van der Waals surface area contributed by atoms with E-state index in [1.807, 2.05) is 24.3 Å². The second-order valence-electron chi connectivity index (χ2n) is 4.36. The number of pyridine rings is 1. The lowest BCUT2D eigenvalue weighted by atomic mass is 10.1. The second kappa shape index (κ2) is 5.50. The van der Waals surface area contributed by atoms with E-state index < -0.39 is 9.84 Å². The molecule has 1 aromatic heterocycles. The van der Waals surface area contributed by atoms with Crippen LogP contribution in [0.2, 0.25) is 0 Å². The topological polar surface area (TPSA) is 73.0 Å². The summed E-state index contributed by atoms with van der Waals surface area (Å²) in [5, 5.41) is 0. The number of aromatic nitrogens is 1. The zero-order valence-corrected chi connectivity index (χ0v) is 11.5. The van der Waals surface area contributed by atoms with Crippen molar-refractivity contribution in [3.8, 4) is 11.3 Å². The number of hydrogen-bond acceptors (Lipinski definition) is 4. The van der Waals surface area contributed by atoms with Gasteiger partial charge in [0.25, 0.3) is 0 Å². The third-order valence-corrected chi connectivity index (χ3v) is 3.96. The van der Waals surface area contributed by atoms with Gasteiger partial charge in [0.05, 0.1) is 10.6 Å². The molecule has 0 atom stereocenters. The molecule has 0 aliphatic carbocycles. The largest absolute Gasteiger partial charge is 0.330 e. The van der Waals surface area contributed by atoms with E-state index in [4.69, 9.17) is 5.73 Å². The van der Waals surface area contributed by atoms with Crippen LogP contribution in [-0.4, -0.2) is 26.2 Å². The minimum Gasteiger partial charge on any atom is -0.330 e. The molecule has 2 N–H and O–H groups in total. The van der Waals surface area contributed by atoms with Crippen molar-refractivity contribution in [1.82, 2.24) is 4.98 Å². The van der Waals surface area contributed by atoms with Crippen LogP contribution in [0.5, 0.6) is 0 Å². The summed E-state index contributed by atoms with van der Waals surface area (Å²) in [5.74, 6) is 0. The molecule has 0 radical (unpaired) electrons. The van der Waals surface area contributed by atoms with Gasteiger partial charge in [-0.05, 0) is 30.7 Å². The first-order valence-electron chi connectivity index (χ1n) is 5.97. The number of nitrogens with zero attached hydrogens (tertiary/aromatic N) is 1. The van der Waals surface area contributed by atoms with Gasteiger partial charge in [0, 0.05) is 18.0 Å². The maximum atomic E-state index is 11.7. The zero-order chi connectivity index (χ0) is 13.9. The molecule has 5 heteroatoms. The van der Waals surface area contributed by atoms with Gasteiger partial charge in [0.15, 0.2) is 9.84 Å². The Morgan fingerprint density at radius 1 is 1.16 bits per heavy atom. The number of sulfone groups is 1. The van der Waals surface area contributed by atoms with Crippen molar-refractivity contribution in [3.05, 3.63) is 48.2 Å². The van der Waals surface area contributed by atoms with Crippen molar-refractivity contribution in [2.45, 2.75) is 11.3 Å². The zero-order valence-electron chi connectivity index (χ0n) is 10.7. The molecule has 2 rings (SSSR count). The molecule has 0 bridgehead atoms. The highest BCUT2D eigenvalue weighted by molar-refractivity contribution is 7.90. The summed E-state index contributed by atoms with van der Waals surface area (Å²) in [7, 11) is -3.28. The van der Waals surface area contributed by atoms with Gasteiger partial charge in [-0.1, -0.05) is 24.3 Å². The van der Waals surface area contributed by atoms with Crippen LogP contribution >= 0.6 is 0 Å². The molecule has 19 heavy (non-hydrogen) atoms. The number of hydrogen-bond donors (Lipinski definition) is 1. The first-order chi connectivity index (χ1) is 9.02. The van der Waals surface area contributed by atoms with Crippen LogP contribution in [0.1, 0.15) is 5.56 Å². The highest BCUT2D eigenvalue weighted by Crippen LogP contribution is 2.25. The van der Waals surface area contributed by atoms with Crippen molar-refractivity contribution in [1.29, 1.82) is 0 Å². The summed E-state index contributed by atoms with van der Waals surface area (Å²) in [6.07, 6.45) is 3.59. The van der Waals surface area contributed by atoms with Crippen LogP contribution in [0.15, 0.2) is 47.5 Å². The molecule has 4 nitrogen and oxygen atoms in total. The molecule has 1 aromatic carbocycles. The Morgan fingerprint density at radius 3 is 2.42 bits per heavy atom. The van der Waals surface area contributed by atoms with Crippen molar-refractivity contribution >= 4 is 9.84 Å². The number of nitrogens with two attached hydrogens (primary N) is 1. The van der Waals surface area contributed by atoms with E-state index in [-0.39, 0.29) is 4.90 Å². The molecule has 0 saturated heterocycles. The van der Waals surface area contributed by atoms with Crippen LogP contribution in [0, 0.1) is 0 Å². The molecule has 0 saturated carbocycles. The summed E-state index contributed by atoms with van der Waals surface area (Å²) in [5.41, 5.74) is 7.91. The fraction of sp³-hybridized carbons (Fsp3) is 0.214. The smallest absolute Gasteiger partial charge is 0.177 e. The van der Waals surface area contributed by atoms with Crippen molar-refractivity contribution < 1.29 is 8.42 Å². The molecule has 1 heterocycles. The van der Waals surface area contributed by atoms with Gasteiger partial charge < -0.3 is 5.73 Å². The summed E-state index contributed by atoms with van der Waals surface area (Å²) >= 11 is 0. The van der Waals surface area contributed by atoms with Crippen LogP contribution in [-0.2, 0) is 16.3 Å². The predicted octanol–water partition coefficient (Wildman–Crippen LogP) is 1.65. The van der Waals surface area contributed by atoms with E-state index in [0.29, 0.717) is 12.2 Å². The minimum absolute atomic E-state index is 0.251. The Bertz CT molecular complexity index is 664. The fourth-order valence-corrected chi connectivity index (χ4v) is 2.75. The second-order valence-corrected chi connectivity index (χ2v) is 6.34. The van der Waals surface area contributed by atoms with E-state index in [2.05, 4.69) is 4.98 Å². The standard InChI is InChI=1S/C14H16N2O2S/c1-19(17,18)13-3-2-10-16-14(13)12-6-4-11(5-7-12)8-9-15/h2-7,10H,8-9,15H2,1H3. The Hall–Kier alpha value is -1.72. The quantitative estimate of drug-likeness (QED) is 0.921. The van der Waals surface area contributed by atoms with E-state index in [1.165, 1.54) is 6.26 Å². The molecule has 0 unspecified atom stereocenters. The molecular weight excluding hydrogens is 260 g/mol. The predicted molar refractivity (Wildman–Crippen MR) is 75.5 cm³/mol. The summed E-state index contributed by atoms with van der Waals surface area (Å²) < 4.78 is 23.5. The van der Waals surface area contributed by atoms with Gasteiger partial charge >= 0.3 is 0 Å². The molecule has 100 valence electrons. The SMILES string of the molecule is CS(=O)(=O)c1cccnc1-c1ccc(CCN)cc1. The molecule has 0 aliphatic heterocycles. The monoisotopic (exact) mass is 276 g/mol. The van der Waals surface area contributed by atoms with Crippen molar-refractivity contribution in [3.63, 3.8) is 0 Å². The van der Waals surface area contributed by atoms with Crippen LogP contribution in [0.3, 0.4) is 0 Å².